The summed E-state index contributed by atoms with van der Waals surface area (Å²) in [7, 11) is 1.80. The number of rotatable bonds is 5. The smallest absolute Gasteiger partial charge is 0.224 e. The molecule has 5 nitrogen and oxygen atoms in total. The minimum atomic E-state index is -0.0167. The first kappa shape index (κ1) is 14.5. The largest absolute Gasteiger partial charge is 0.339 e. The molecule has 0 spiro atoms. The molecule has 0 bridgehead atoms. The molecule has 1 amide bonds. The van der Waals surface area contributed by atoms with Crippen molar-refractivity contribution < 1.29 is 4.79 Å². The number of hydrogen-bond donors (Lipinski definition) is 0. The van der Waals surface area contributed by atoms with Crippen LogP contribution in [0.4, 0.5) is 0 Å². The zero-order valence-corrected chi connectivity index (χ0v) is 12.3. The third-order valence-electron chi connectivity index (χ3n) is 3.33. The van der Waals surface area contributed by atoms with Crippen molar-refractivity contribution in [3.8, 4) is 0 Å². The molecule has 0 aliphatic heterocycles. The summed E-state index contributed by atoms with van der Waals surface area (Å²) in [6.45, 7) is 2.52. The molecule has 0 radical (unpaired) electrons. The zero-order valence-electron chi connectivity index (χ0n) is 11.5. The van der Waals surface area contributed by atoms with Crippen LogP contribution in [0.1, 0.15) is 24.9 Å². The Hall–Kier alpha value is -1.88. The van der Waals surface area contributed by atoms with Crippen LogP contribution in [0.5, 0.6) is 0 Å². The standard InChI is InChI=1S/C14H17ClN4O/c1-11(12-4-3-5-13(15)8-12)18(2)14(20)6-7-19-10-16-9-17-19/h3-5,8-11H,6-7H2,1-2H3. The van der Waals surface area contributed by atoms with E-state index < -0.39 is 0 Å². The Morgan fingerprint density at radius 3 is 2.95 bits per heavy atom. The van der Waals surface area contributed by atoms with E-state index in [1.54, 1.807) is 23.0 Å². The van der Waals surface area contributed by atoms with Gasteiger partial charge in [0.1, 0.15) is 12.7 Å². The molecule has 1 unspecified atom stereocenters. The third kappa shape index (κ3) is 3.57. The molecule has 1 heterocycles. The minimum absolute atomic E-state index is 0.0167. The highest BCUT2D eigenvalue weighted by Gasteiger charge is 2.17. The SMILES string of the molecule is CC(c1cccc(Cl)c1)N(C)C(=O)CCn1cncn1. The van der Waals surface area contributed by atoms with Crippen LogP contribution < -0.4 is 0 Å². The molecule has 0 saturated carbocycles. The molecule has 0 aliphatic rings. The maximum Gasteiger partial charge on any atom is 0.224 e. The molecule has 20 heavy (non-hydrogen) atoms. The molecular formula is C14H17ClN4O. The number of carbonyl (C=O) groups is 1. The van der Waals surface area contributed by atoms with E-state index in [0.29, 0.717) is 18.0 Å². The van der Waals surface area contributed by atoms with E-state index in [-0.39, 0.29) is 11.9 Å². The summed E-state index contributed by atoms with van der Waals surface area (Å²) in [6.07, 6.45) is 3.46. The lowest BCUT2D eigenvalue weighted by Gasteiger charge is -2.25. The first-order valence-electron chi connectivity index (χ1n) is 6.41. The van der Waals surface area contributed by atoms with Crippen molar-refractivity contribution in [2.45, 2.75) is 25.9 Å². The highest BCUT2D eigenvalue weighted by atomic mass is 35.5. The second kappa shape index (κ2) is 6.52. The van der Waals surface area contributed by atoms with Gasteiger partial charge in [0.15, 0.2) is 0 Å². The molecule has 0 saturated heterocycles. The molecule has 0 fully saturated rings. The number of aryl methyl sites for hydroxylation is 1. The fourth-order valence-corrected chi connectivity index (χ4v) is 2.14. The molecule has 1 aromatic heterocycles. The minimum Gasteiger partial charge on any atom is -0.339 e. The van der Waals surface area contributed by atoms with Crippen molar-refractivity contribution in [1.29, 1.82) is 0 Å². The topological polar surface area (TPSA) is 51.0 Å². The van der Waals surface area contributed by atoms with Gasteiger partial charge in [-0.15, -0.1) is 0 Å². The van der Waals surface area contributed by atoms with Gasteiger partial charge in [0.05, 0.1) is 12.6 Å². The number of halogens is 1. The molecular weight excluding hydrogens is 276 g/mol. The second-order valence-electron chi connectivity index (χ2n) is 4.64. The Labute approximate surface area is 123 Å². The van der Waals surface area contributed by atoms with Crippen LogP contribution >= 0.6 is 11.6 Å². The lowest BCUT2D eigenvalue weighted by molar-refractivity contribution is -0.132. The Morgan fingerprint density at radius 2 is 2.30 bits per heavy atom. The van der Waals surface area contributed by atoms with Gasteiger partial charge in [0.2, 0.25) is 5.91 Å². The van der Waals surface area contributed by atoms with E-state index in [9.17, 15) is 4.79 Å². The quantitative estimate of drug-likeness (QED) is 0.851. The number of hydrogen-bond acceptors (Lipinski definition) is 3. The Bertz CT molecular complexity index is 570. The van der Waals surface area contributed by atoms with Gasteiger partial charge in [-0.05, 0) is 24.6 Å². The normalized spacial score (nSPS) is 12.2. The summed E-state index contributed by atoms with van der Waals surface area (Å²) in [6, 6.07) is 7.55. The van der Waals surface area contributed by atoms with Crippen molar-refractivity contribution in [3.05, 3.63) is 47.5 Å². The van der Waals surface area contributed by atoms with Crippen LogP contribution in [0.15, 0.2) is 36.9 Å². The summed E-state index contributed by atoms with van der Waals surface area (Å²) in [5.74, 6) is 0.0629. The highest BCUT2D eigenvalue weighted by molar-refractivity contribution is 6.30. The fraction of sp³-hybridized carbons (Fsp3) is 0.357. The molecule has 0 aliphatic carbocycles. The van der Waals surface area contributed by atoms with Crippen molar-refractivity contribution in [1.82, 2.24) is 19.7 Å². The number of benzene rings is 1. The molecule has 106 valence electrons. The Balaban J connectivity index is 1.95. The molecule has 1 aromatic carbocycles. The van der Waals surface area contributed by atoms with E-state index in [4.69, 9.17) is 11.6 Å². The molecule has 1 atom stereocenters. The average molecular weight is 293 g/mol. The van der Waals surface area contributed by atoms with Gasteiger partial charge < -0.3 is 4.90 Å². The van der Waals surface area contributed by atoms with Crippen molar-refractivity contribution in [2.24, 2.45) is 0 Å². The zero-order chi connectivity index (χ0) is 14.5. The van der Waals surface area contributed by atoms with E-state index in [2.05, 4.69) is 10.1 Å². The lowest BCUT2D eigenvalue weighted by atomic mass is 10.1. The van der Waals surface area contributed by atoms with Crippen LogP contribution in [0.2, 0.25) is 5.02 Å². The van der Waals surface area contributed by atoms with Gasteiger partial charge in [-0.1, -0.05) is 23.7 Å². The number of nitrogens with zero attached hydrogens (tertiary/aromatic N) is 4. The van der Waals surface area contributed by atoms with Gasteiger partial charge in [-0.25, -0.2) is 4.98 Å². The summed E-state index contributed by atoms with van der Waals surface area (Å²) in [4.78, 5) is 17.7. The monoisotopic (exact) mass is 292 g/mol. The van der Waals surface area contributed by atoms with Crippen LogP contribution in [0, 0.1) is 0 Å². The van der Waals surface area contributed by atoms with Crippen LogP contribution in [-0.4, -0.2) is 32.6 Å². The Morgan fingerprint density at radius 1 is 1.50 bits per heavy atom. The second-order valence-corrected chi connectivity index (χ2v) is 5.08. The van der Waals surface area contributed by atoms with Crippen molar-refractivity contribution >= 4 is 17.5 Å². The number of aromatic nitrogens is 3. The van der Waals surface area contributed by atoms with E-state index >= 15 is 0 Å². The fourth-order valence-electron chi connectivity index (χ4n) is 1.94. The first-order chi connectivity index (χ1) is 9.58. The average Bonchev–Trinajstić information content (AvgIpc) is 2.96. The van der Waals surface area contributed by atoms with Crippen molar-refractivity contribution in [3.63, 3.8) is 0 Å². The molecule has 2 rings (SSSR count). The maximum absolute atomic E-state index is 12.2. The first-order valence-corrected chi connectivity index (χ1v) is 6.79. The van der Waals surface area contributed by atoms with Gasteiger partial charge >= 0.3 is 0 Å². The van der Waals surface area contributed by atoms with Crippen LogP contribution in [0.25, 0.3) is 0 Å². The molecule has 2 aromatic rings. The van der Waals surface area contributed by atoms with E-state index in [0.717, 1.165) is 5.56 Å². The maximum atomic E-state index is 12.2. The van der Waals surface area contributed by atoms with E-state index in [1.165, 1.54) is 6.33 Å². The molecule has 0 N–H and O–H groups in total. The predicted molar refractivity (Wildman–Crippen MR) is 77.3 cm³/mol. The van der Waals surface area contributed by atoms with E-state index in [1.807, 2.05) is 31.2 Å². The summed E-state index contributed by atoms with van der Waals surface area (Å²) < 4.78 is 1.65. The van der Waals surface area contributed by atoms with Crippen molar-refractivity contribution in [2.75, 3.05) is 7.05 Å². The van der Waals surface area contributed by atoms with Gasteiger partial charge in [-0.2, -0.15) is 5.10 Å². The highest BCUT2D eigenvalue weighted by Crippen LogP contribution is 2.22. The van der Waals surface area contributed by atoms with Gasteiger partial charge in [-0.3, -0.25) is 9.48 Å². The summed E-state index contributed by atoms with van der Waals surface area (Å²) >= 11 is 5.98. The molecule has 6 heteroatoms. The summed E-state index contributed by atoms with van der Waals surface area (Å²) in [5, 5.41) is 4.66. The van der Waals surface area contributed by atoms with Gasteiger partial charge in [0.25, 0.3) is 0 Å². The number of carbonyl (C=O) groups excluding carboxylic acids is 1. The Kier molecular flexibility index (Phi) is 4.74. The summed E-state index contributed by atoms with van der Waals surface area (Å²) in [5.41, 5.74) is 1.02. The van der Waals surface area contributed by atoms with Gasteiger partial charge in [0, 0.05) is 18.5 Å². The predicted octanol–water partition coefficient (Wildman–Crippen LogP) is 2.54. The third-order valence-corrected chi connectivity index (χ3v) is 3.56. The van der Waals surface area contributed by atoms with Crippen LogP contribution in [0.3, 0.4) is 0 Å². The number of amides is 1. The van der Waals surface area contributed by atoms with Crippen LogP contribution in [-0.2, 0) is 11.3 Å². The lowest BCUT2D eigenvalue weighted by Crippen LogP contribution is -2.30.